The molecule has 0 spiro atoms. The number of nitrogens with zero attached hydrogens (tertiary/aromatic N) is 1. The molecule has 3 rings (SSSR count). The largest absolute Gasteiger partial charge is 0.497 e. The number of rotatable bonds is 5. The first-order valence-electron chi connectivity index (χ1n) is 7.43. The van der Waals surface area contributed by atoms with Gasteiger partial charge in [-0.25, -0.2) is 9.78 Å². The van der Waals surface area contributed by atoms with Gasteiger partial charge in [-0.15, -0.1) is 0 Å². The third-order valence-electron chi connectivity index (χ3n) is 3.24. The van der Waals surface area contributed by atoms with Crippen LogP contribution in [0.5, 0.6) is 11.5 Å². The second-order valence-electron chi connectivity index (χ2n) is 4.89. The summed E-state index contributed by atoms with van der Waals surface area (Å²) in [4.78, 5) is 16.5. The van der Waals surface area contributed by atoms with Crippen molar-refractivity contribution < 1.29 is 14.3 Å². The summed E-state index contributed by atoms with van der Waals surface area (Å²) in [5.41, 5.74) is 1.50. The highest BCUT2D eigenvalue weighted by molar-refractivity contribution is 7.22. The van der Waals surface area contributed by atoms with Gasteiger partial charge in [-0.1, -0.05) is 11.3 Å². The maximum Gasteiger partial charge on any atom is 0.325 e. The fraction of sp³-hybridized carbons (Fsp3) is 0.176. The molecule has 124 valence electrons. The average Bonchev–Trinajstić information content (AvgIpc) is 2.97. The number of hydrogen-bond donors (Lipinski definition) is 2. The summed E-state index contributed by atoms with van der Waals surface area (Å²) >= 11 is 1.40. The molecule has 0 bridgehead atoms. The average molecular weight is 343 g/mol. The molecule has 2 N–H and O–H groups in total. The van der Waals surface area contributed by atoms with E-state index >= 15 is 0 Å². The molecule has 0 saturated heterocycles. The predicted molar refractivity (Wildman–Crippen MR) is 96.4 cm³/mol. The summed E-state index contributed by atoms with van der Waals surface area (Å²) in [6.07, 6.45) is 0. The number of methoxy groups -OCH3 is 1. The number of aromatic nitrogens is 1. The number of fused-ring (bicyclic) bond motifs is 1. The molecular weight excluding hydrogens is 326 g/mol. The normalized spacial score (nSPS) is 10.4. The molecule has 0 saturated carbocycles. The Morgan fingerprint density at radius 2 is 1.88 bits per heavy atom. The molecule has 0 radical (unpaired) electrons. The number of anilines is 2. The number of urea groups is 1. The summed E-state index contributed by atoms with van der Waals surface area (Å²) in [5.74, 6) is 1.53. The molecule has 6 nitrogen and oxygen atoms in total. The first-order chi connectivity index (χ1) is 11.7. The van der Waals surface area contributed by atoms with Gasteiger partial charge in [0.15, 0.2) is 5.13 Å². The fourth-order valence-corrected chi connectivity index (χ4v) is 3.04. The zero-order valence-corrected chi connectivity index (χ0v) is 14.1. The number of carbonyl (C=O) groups excluding carboxylic acids is 1. The van der Waals surface area contributed by atoms with E-state index in [1.54, 1.807) is 31.4 Å². The van der Waals surface area contributed by atoms with E-state index in [4.69, 9.17) is 9.47 Å². The lowest BCUT2D eigenvalue weighted by Crippen LogP contribution is -2.19. The lowest BCUT2D eigenvalue weighted by atomic mass is 10.3. The molecule has 7 heteroatoms. The summed E-state index contributed by atoms with van der Waals surface area (Å²) in [7, 11) is 1.60. The van der Waals surface area contributed by atoms with Crippen molar-refractivity contribution in [2.24, 2.45) is 0 Å². The van der Waals surface area contributed by atoms with E-state index < -0.39 is 0 Å². The van der Waals surface area contributed by atoms with Crippen molar-refractivity contribution in [2.45, 2.75) is 6.92 Å². The van der Waals surface area contributed by atoms with Crippen LogP contribution in [0.15, 0.2) is 42.5 Å². The summed E-state index contributed by atoms with van der Waals surface area (Å²) in [5, 5.41) is 6.03. The van der Waals surface area contributed by atoms with Crippen molar-refractivity contribution in [1.82, 2.24) is 4.98 Å². The van der Waals surface area contributed by atoms with Crippen LogP contribution in [0.25, 0.3) is 10.2 Å². The van der Waals surface area contributed by atoms with Gasteiger partial charge in [-0.3, -0.25) is 5.32 Å². The van der Waals surface area contributed by atoms with Crippen LogP contribution in [0.3, 0.4) is 0 Å². The Hall–Kier alpha value is -2.80. The summed E-state index contributed by atoms with van der Waals surface area (Å²) < 4.78 is 11.5. The maximum atomic E-state index is 12.1. The molecule has 0 atom stereocenters. The van der Waals surface area contributed by atoms with Gasteiger partial charge in [0.2, 0.25) is 0 Å². The SMILES string of the molecule is CCOc1ccc2nc(NC(=O)Nc3ccc(OC)cc3)sc2c1. The molecule has 0 fully saturated rings. The van der Waals surface area contributed by atoms with Crippen molar-refractivity contribution >= 4 is 38.4 Å². The van der Waals surface area contributed by atoms with E-state index in [9.17, 15) is 4.79 Å². The Morgan fingerprint density at radius 3 is 2.58 bits per heavy atom. The number of amides is 2. The van der Waals surface area contributed by atoms with Crippen LogP contribution >= 0.6 is 11.3 Å². The second kappa shape index (κ2) is 7.18. The fourth-order valence-electron chi connectivity index (χ4n) is 2.15. The number of nitrogens with one attached hydrogen (secondary N) is 2. The molecule has 24 heavy (non-hydrogen) atoms. The van der Waals surface area contributed by atoms with Crippen molar-refractivity contribution in [3.05, 3.63) is 42.5 Å². The molecular formula is C17H17N3O3S. The lowest BCUT2D eigenvalue weighted by molar-refractivity contribution is 0.262. The molecule has 0 aliphatic rings. The van der Waals surface area contributed by atoms with Crippen molar-refractivity contribution in [3.8, 4) is 11.5 Å². The predicted octanol–water partition coefficient (Wildman–Crippen LogP) is 4.35. The Morgan fingerprint density at radius 1 is 1.12 bits per heavy atom. The van der Waals surface area contributed by atoms with Gasteiger partial charge >= 0.3 is 6.03 Å². The first kappa shape index (κ1) is 16.1. The van der Waals surface area contributed by atoms with Gasteiger partial charge in [0, 0.05) is 5.69 Å². The molecule has 2 aromatic carbocycles. The number of ether oxygens (including phenoxy) is 2. The van der Waals surface area contributed by atoms with Gasteiger partial charge < -0.3 is 14.8 Å². The van der Waals surface area contributed by atoms with Gasteiger partial charge in [0.05, 0.1) is 23.9 Å². The van der Waals surface area contributed by atoms with Crippen molar-refractivity contribution in [1.29, 1.82) is 0 Å². The topological polar surface area (TPSA) is 72.5 Å². The molecule has 0 aliphatic carbocycles. The van der Waals surface area contributed by atoms with Crippen LogP contribution in [0, 0.1) is 0 Å². The molecule has 1 aromatic heterocycles. The van der Waals surface area contributed by atoms with E-state index in [1.807, 2.05) is 25.1 Å². The van der Waals surface area contributed by atoms with E-state index in [2.05, 4.69) is 15.6 Å². The Labute approximate surface area is 143 Å². The molecule has 1 heterocycles. The highest BCUT2D eigenvalue weighted by Crippen LogP contribution is 2.29. The van der Waals surface area contributed by atoms with Crippen LogP contribution < -0.4 is 20.1 Å². The van der Waals surface area contributed by atoms with E-state index in [0.717, 1.165) is 21.7 Å². The van der Waals surface area contributed by atoms with Crippen LogP contribution in [-0.4, -0.2) is 24.7 Å². The van der Waals surface area contributed by atoms with E-state index in [0.29, 0.717) is 17.4 Å². The minimum Gasteiger partial charge on any atom is -0.497 e. The van der Waals surface area contributed by atoms with Crippen molar-refractivity contribution in [3.63, 3.8) is 0 Å². The monoisotopic (exact) mass is 343 g/mol. The number of thiazole rings is 1. The molecule has 0 aliphatic heterocycles. The Balaban J connectivity index is 1.68. The lowest BCUT2D eigenvalue weighted by Gasteiger charge is -2.06. The molecule has 3 aromatic rings. The maximum absolute atomic E-state index is 12.1. The van der Waals surface area contributed by atoms with Crippen LogP contribution in [-0.2, 0) is 0 Å². The second-order valence-corrected chi connectivity index (χ2v) is 5.92. The van der Waals surface area contributed by atoms with Gasteiger partial charge in [0.1, 0.15) is 11.5 Å². The van der Waals surface area contributed by atoms with Gasteiger partial charge in [-0.05, 0) is 49.4 Å². The van der Waals surface area contributed by atoms with E-state index in [1.165, 1.54) is 11.3 Å². The number of benzene rings is 2. The smallest absolute Gasteiger partial charge is 0.325 e. The van der Waals surface area contributed by atoms with Crippen LogP contribution in [0.2, 0.25) is 0 Å². The first-order valence-corrected chi connectivity index (χ1v) is 8.25. The molecule has 0 unspecified atom stereocenters. The standard InChI is InChI=1S/C17H17N3O3S/c1-3-23-13-8-9-14-15(10-13)24-17(19-14)20-16(21)18-11-4-6-12(22-2)7-5-11/h4-10H,3H2,1-2H3,(H2,18,19,20,21). The minimum atomic E-state index is -0.343. The zero-order valence-electron chi connectivity index (χ0n) is 13.3. The zero-order chi connectivity index (χ0) is 16.9. The Bertz CT molecular complexity index is 846. The minimum absolute atomic E-state index is 0.343. The third-order valence-corrected chi connectivity index (χ3v) is 4.17. The van der Waals surface area contributed by atoms with E-state index in [-0.39, 0.29) is 6.03 Å². The van der Waals surface area contributed by atoms with Gasteiger partial charge in [0.25, 0.3) is 0 Å². The number of hydrogen-bond acceptors (Lipinski definition) is 5. The molecule has 2 amide bonds. The van der Waals surface area contributed by atoms with Crippen molar-refractivity contribution in [2.75, 3.05) is 24.4 Å². The third kappa shape index (κ3) is 3.75. The van der Waals surface area contributed by atoms with Gasteiger partial charge in [-0.2, -0.15) is 0 Å². The quantitative estimate of drug-likeness (QED) is 0.722. The van der Waals surface area contributed by atoms with Crippen LogP contribution in [0.4, 0.5) is 15.6 Å². The highest BCUT2D eigenvalue weighted by Gasteiger charge is 2.09. The summed E-state index contributed by atoms with van der Waals surface area (Å²) in [6, 6.07) is 12.4. The number of carbonyl (C=O) groups is 1. The highest BCUT2D eigenvalue weighted by atomic mass is 32.1. The summed E-state index contributed by atoms with van der Waals surface area (Å²) in [6.45, 7) is 2.55. The van der Waals surface area contributed by atoms with Crippen LogP contribution in [0.1, 0.15) is 6.92 Å². The Kier molecular flexibility index (Phi) is 4.81.